The highest BCUT2D eigenvalue weighted by Crippen LogP contribution is 2.33. The highest BCUT2D eigenvalue weighted by atomic mass is 32.2. The summed E-state index contributed by atoms with van der Waals surface area (Å²) >= 11 is 0. The quantitative estimate of drug-likeness (QED) is 0.284. The number of pyridine rings is 1. The molecular weight excluding hydrogens is 503 g/mol. The molecule has 204 valence electrons. The fraction of sp³-hybridized carbons (Fsp3) is 0.345. The molecule has 0 spiro atoms. The van der Waals surface area contributed by atoms with Crippen molar-refractivity contribution < 1.29 is 18.1 Å². The lowest BCUT2D eigenvalue weighted by molar-refractivity contribution is -0.107. The third-order valence-corrected chi connectivity index (χ3v) is 6.91. The average Bonchev–Trinajstić information content (AvgIpc) is 2.88. The number of nitrogens with one attached hydrogen (secondary N) is 1. The number of halogens is 1. The minimum atomic E-state index is -1.14. The molecule has 7 nitrogen and oxygen atoms in total. The van der Waals surface area contributed by atoms with Gasteiger partial charge in [0.15, 0.2) is 0 Å². The van der Waals surface area contributed by atoms with E-state index in [4.69, 9.17) is 10.5 Å². The van der Waals surface area contributed by atoms with Crippen LogP contribution in [0, 0.1) is 12.7 Å². The Kier molecular flexibility index (Phi) is 11.1. The molecule has 38 heavy (non-hydrogen) atoms. The maximum atomic E-state index is 14.4. The van der Waals surface area contributed by atoms with E-state index in [1.54, 1.807) is 55.7 Å². The van der Waals surface area contributed by atoms with Crippen molar-refractivity contribution in [3.8, 4) is 11.5 Å². The highest BCUT2D eigenvalue weighted by Gasteiger charge is 2.15. The minimum absolute atomic E-state index is 0.00908. The molecule has 0 aliphatic rings. The number of carbonyl (C=O) groups excluding carboxylic acids is 1. The SMILES string of the molecule is CN/C(C=NC(C)(C)C)=C/N.Cc1c(Oc2ccnc3ccc(S(=O)C(C)C)cc23)ccc(CC=O)c1F. The molecule has 9 heteroatoms. The number of allylic oxidation sites excluding steroid dienone is 1. The molecule has 1 aromatic heterocycles. The lowest BCUT2D eigenvalue weighted by Gasteiger charge is -2.14. The van der Waals surface area contributed by atoms with Gasteiger partial charge in [-0.1, -0.05) is 19.9 Å². The summed E-state index contributed by atoms with van der Waals surface area (Å²) in [5.41, 5.74) is 7.47. The summed E-state index contributed by atoms with van der Waals surface area (Å²) in [6, 6.07) is 10.3. The zero-order valence-electron chi connectivity index (χ0n) is 23.0. The van der Waals surface area contributed by atoms with Gasteiger partial charge in [0, 0.05) is 53.2 Å². The largest absolute Gasteiger partial charge is 0.456 e. The van der Waals surface area contributed by atoms with Crippen LogP contribution >= 0.6 is 0 Å². The Morgan fingerprint density at radius 1 is 1.21 bits per heavy atom. The number of aromatic nitrogens is 1. The van der Waals surface area contributed by atoms with Crippen molar-refractivity contribution in [2.24, 2.45) is 10.7 Å². The van der Waals surface area contributed by atoms with E-state index in [-0.39, 0.29) is 17.2 Å². The summed E-state index contributed by atoms with van der Waals surface area (Å²) in [4.78, 5) is 19.9. The molecule has 1 atom stereocenters. The smallest absolute Gasteiger partial charge is 0.138 e. The molecular formula is C29H37FN4O3S. The number of aliphatic imine (C=N–C) groups is 1. The number of nitrogens with zero attached hydrogens (tertiary/aromatic N) is 2. The topological polar surface area (TPSA) is 107 Å². The van der Waals surface area contributed by atoms with Gasteiger partial charge in [0.05, 0.1) is 27.6 Å². The summed E-state index contributed by atoms with van der Waals surface area (Å²) in [6.07, 6.45) is 5.54. The van der Waals surface area contributed by atoms with Gasteiger partial charge in [0.25, 0.3) is 0 Å². The Hall–Kier alpha value is -3.59. The molecule has 0 aliphatic carbocycles. The van der Waals surface area contributed by atoms with Crippen LogP contribution in [0.3, 0.4) is 0 Å². The number of nitrogens with two attached hydrogens (primary N) is 1. The number of fused-ring (bicyclic) bond motifs is 1. The molecule has 0 amide bonds. The second-order valence-corrected chi connectivity index (χ2v) is 11.8. The number of rotatable bonds is 8. The highest BCUT2D eigenvalue weighted by molar-refractivity contribution is 7.85. The van der Waals surface area contributed by atoms with Crippen molar-refractivity contribution in [2.45, 2.75) is 63.6 Å². The first-order valence-electron chi connectivity index (χ1n) is 12.3. The van der Waals surface area contributed by atoms with Crippen molar-refractivity contribution in [3.63, 3.8) is 0 Å². The number of hydrogen-bond acceptors (Lipinski definition) is 7. The van der Waals surface area contributed by atoms with Crippen LogP contribution in [0.5, 0.6) is 11.5 Å². The fourth-order valence-electron chi connectivity index (χ4n) is 3.24. The van der Waals surface area contributed by atoms with Crippen molar-refractivity contribution in [3.05, 3.63) is 71.4 Å². The van der Waals surface area contributed by atoms with E-state index in [0.717, 1.165) is 5.70 Å². The number of aldehydes is 1. The lowest BCUT2D eigenvalue weighted by Crippen LogP contribution is -2.14. The maximum Gasteiger partial charge on any atom is 0.138 e. The number of benzene rings is 2. The van der Waals surface area contributed by atoms with Crippen molar-refractivity contribution in [1.29, 1.82) is 0 Å². The van der Waals surface area contributed by atoms with Crippen molar-refractivity contribution >= 4 is 34.2 Å². The molecule has 3 aromatic rings. The van der Waals surface area contributed by atoms with E-state index in [9.17, 15) is 13.4 Å². The monoisotopic (exact) mass is 540 g/mol. The van der Waals surface area contributed by atoms with E-state index in [1.165, 1.54) is 6.20 Å². The zero-order chi connectivity index (χ0) is 28.5. The second-order valence-electron chi connectivity index (χ2n) is 9.77. The van der Waals surface area contributed by atoms with Crippen LogP contribution in [0.1, 0.15) is 45.7 Å². The molecule has 3 rings (SSSR count). The number of ether oxygens (including phenoxy) is 1. The normalized spacial score (nSPS) is 12.8. The van der Waals surface area contributed by atoms with E-state index in [0.29, 0.717) is 44.7 Å². The molecule has 0 radical (unpaired) electrons. The predicted octanol–water partition coefficient (Wildman–Crippen LogP) is 5.61. The van der Waals surface area contributed by atoms with Crippen LogP contribution < -0.4 is 15.8 Å². The number of carbonyl (C=O) groups is 1. The lowest BCUT2D eigenvalue weighted by atomic mass is 10.1. The van der Waals surface area contributed by atoms with E-state index in [1.807, 2.05) is 41.7 Å². The van der Waals surface area contributed by atoms with Gasteiger partial charge in [-0.05, 0) is 63.6 Å². The van der Waals surface area contributed by atoms with Crippen LogP contribution in [0.2, 0.25) is 0 Å². The maximum absolute atomic E-state index is 14.4. The third kappa shape index (κ3) is 8.48. The summed E-state index contributed by atoms with van der Waals surface area (Å²) < 4.78 is 32.8. The Morgan fingerprint density at radius 2 is 1.92 bits per heavy atom. The summed E-state index contributed by atoms with van der Waals surface area (Å²) in [5, 5.41) is 3.61. The molecule has 3 N–H and O–H groups in total. The molecule has 1 unspecified atom stereocenters. The van der Waals surface area contributed by atoms with Gasteiger partial charge in [-0.2, -0.15) is 0 Å². The second kappa shape index (κ2) is 13.8. The van der Waals surface area contributed by atoms with Crippen LogP contribution in [-0.2, 0) is 22.0 Å². The first-order chi connectivity index (χ1) is 17.9. The minimum Gasteiger partial charge on any atom is -0.456 e. The molecule has 2 aromatic carbocycles. The Morgan fingerprint density at radius 3 is 2.50 bits per heavy atom. The van der Waals surface area contributed by atoms with Gasteiger partial charge in [-0.3, -0.25) is 14.2 Å². The molecule has 0 saturated carbocycles. The molecule has 0 bridgehead atoms. The Balaban J connectivity index is 0.000000391. The standard InChI is InChI=1S/C21H20FNO3S.C8H17N3/c1-13(2)27(25)16-5-6-18-17(12-16)20(8-10-23-18)26-19-7-4-15(9-11-24)21(22)14(19)3;1-8(2,3)11-6-7(5-9)10-4/h4-8,10-13H,9H2,1-3H3;5-6,10H,9H2,1-4H3/b;7-5+,11-6?. The van der Waals surface area contributed by atoms with Gasteiger partial charge in [-0.25, -0.2) is 4.39 Å². The van der Waals surface area contributed by atoms with Gasteiger partial charge in [-0.15, -0.1) is 0 Å². The van der Waals surface area contributed by atoms with Crippen LogP contribution in [0.4, 0.5) is 4.39 Å². The van der Waals surface area contributed by atoms with Crippen LogP contribution in [-0.4, -0.2) is 39.5 Å². The first kappa shape index (κ1) is 30.6. The Bertz CT molecular complexity index is 1350. The van der Waals surface area contributed by atoms with Crippen molar-refractivity contribution in [1.82, 2.24) is 10.3 Å². The van der Waals surface area contributed by atoms with E-state index in [2.05, 4.69) is 15.3 Å². The molecule has 1 heterocycles. The van der Waals surface area contributed by atoms with Crippen LogP contribution in [0.15, 0.2) is 64.4 Å². The number of hydrogen-bond donors (Lipinski definition) is 2. The van der Waals surface area contributed by atoms with Crippen LogP contribution in [0.25, 0.3) is 10.9 Å². The molecule has 0 saturated heterocycles. The van der Waals surface area contributed by atoms with E-state index >= 15 is 0 Å². The van der Waals surface area contributed by atoms with Gasteiger partial charge in [0.1, 0.15) is 23.6 Å². The first-order valence-corrected chi connectivity index (χ1v) is 13.5. The summed E-state index contributed by atoms with van der Waals surface area (Å²) in [5.74, 6) is 0.429. The zero-order valence-corrected chi connectivity index (χ0v) is 23.9. The third-order valence-electron chi connectivity index (χ3n) is 5.33. The summed E-state index contributed by atoms with van der Waals surface area (Å²) in [6.45, 7) is 11.5. The van der Waals surface area contributed by atoms with Gasteiger partial charge < -0.3 is 20.6 Å². The van der Waals surface area contributed by atoms with Gasteiger partial charge >= 0.3 is 0 Å². The van der Waals surface area contributed by atoms with Gasteiger partial charge in [0.2, 0.25) is 0 Å². The fourth-order valence-corrected chi connectivity index (χ4v) is 4.22. The van der Waals surface area contributed by atoms with E-state index < -0.39 is 16.6 Å². The average molecular weight is 541 g/mol. The van der Waals surface area contributed by atoms with Crippen molar-refractivity contribution in [2.75, 3.05) is 7.05 Å². The summed E-state index contributed by atoms with van der Waals surface area (Å²) in [7, 11) is 0.677. The predicted molar refractivity (Wildman–Crippen MR) is 154 cm³/mol. The molecule has 0 aliphatic heterocycles. The Labute approximate surface area is 226 Å². The molecule has 0 fully saturated rings.